The molecule has 0 saturated carbocycles. The molecule has 1 aromatic carbocycles. The van der Waals surface area contributed by atoms with E-state index >= 15 is 0 Å². The van der Waals surface area contributed by atoms with Gasteiger partial charge in [-0.15, -0.1) is 0 Å². The van der Waals surface area contributed by atoms with Crippen LogP contribution in [0.5, 0.6) is 0 Å². The van der Waals surface area contributed by atoms with Crippen molar-refractivity contribution in [3.05, 3.63) is 46.5 Å². The van der Waals surface area contributed by atoms with Gasteiger partial charge in [-0.1, -0.05) is 25.4 Å². The third-order valence-corrected chi connectivity index (χ3v) is 2.80. The Labute approximate surface area is 111 Å². The first kappa shape index (κ1) is 13.0. The normalized spacial score (nSPS) is 11.0. The van der Waals surface area contributed by atoms with E-state index in [1.54, 1.807) is 6.07 Å². The molecule has 0 radical (unpaired) electrons. The molecular weight excluding hydrogens is 251 g/mol. The van der Waals surface area contributed by atoms with Gasteiger partial charge < -0.3 is 0 Å². The van der Waals surface area contributed by atoms with Crippen LogP contribution in [-0.2, 0) is 0 Å². The number of nitrogens with zero attached hydrogens (tertiary/aromatic N) is 2. The number of benzene rings is 1. The number of aryl methyl sites for hydroxylation is 1. The van der Waals surface area contributed by atoms with Gasteiger partial charge in [0, 0.05) is 11.3 Å². The van der Waals surface area contributed by atoms with Crippen LogP contribution >= 0.6 is 11.6 Å². The Balaban J connectivity index is 2.56. The van der Waals surface area contributed by atoms with E-state index in [2.05, 4.69) is 9.97 Å². The Bertz CT molecular complexity index is 562. The average Bonchev–Trinajstić information content (AvgIpc) is 2.26. The molecule has 0 aliphatic carbocycles. The molecule has 0 atom stereocenters. The molecule has 0 bridgehead atoms. The van der Waals surface area contributed by atoms with Crippen molar-refractivity contribution >= 4 is 11.6 Å². The van der Waals surface area contributed by atoms with Gasteiger partial charge >= 0.3 is 0 Å². The maximum atomic E-state index is 13.4. The summed E-state index contributed by atoms with van der Waals surface area (Å²) >= 11 is 5.98. The summed E-state index contributed by atoms with van der Waals surface area (Å²) in [6.45, 7) is 5.89. The molecule has 0 N–H and O–H groups in total. The van der Waals surface area contributed by atoms with Gasteiger partial charge in [-0.05, 0) is 42.7 Å². The summed E-state index contributed by atoms with van der Waals surface area (Å²) in [7, 11) is 0. The van der Waals surface area contributed by atoms with Crippen molar-refractivity contribution in [1.82, 2.24) is 9.97 Å². The van der Waals surface area contributed by atoms with E-state index in [0.29, 0.717) is 16.5 Å². The lowest BCUT2D eigenvalue weighted by atomic mass is 10.1. The zero-order valence-electron chi connectivity index (χ0n) is 10.5. The molecular formula is C14H14ClFN2. The quantitative estimate of drug-likeness (QED) is 0.753. The Morgan fingerprint density at radius 2 is 1.83 bits per heavy atom. The standard InChI is InChI=1S/C14H14ClFN2/c1-8(2)12-7-13(15)18-14(17-12)10-4-9(3)5-11(16)6-10/h4-8H,1-3H3. The zero-order chi connectivity index (χ0) is 13.3. The molecule has 94 valence electrons. The lowest BCUT2D eigenvalue weighted by Crippen LogP contribution is -1.98. The molecule has 0 saturated heterocycles. The number of hydrogen-bond acceptors (Lipinski definition) is 2. The number of hydrogen-bond donors (Lipinski definition) is 0. The lowest BCUT2D eigenvalue weighted by Gasteiger charge is -2.08. The Morgan fingerprint density at radius 1 is 1.11 bits per heavy atom. The van der Waals surface area contributed by atoms with Crippen LogP contribution in [0.15, 0.2) is 24.3 Å². The topological polar surface area (TPSA) is 25.8 Å². The van der Waals surface area contributed by atoms with E-state index in [1.165, 1.54) is 12.1 Å². The first-order chi connectivity index (χ1) is 8.45. The highest BCUT2D eigenvalue weighted by molar-refractivity contribution is 6.29. The molecule has 4 heteroatoms. The maximum absolute atomic E-state index is 13.4. The van der Waals surface area contributed by atoms with Gasteiger partial charge in [-0.2, -0.15) is 0 Å². The molecule has 0 fully saturated rings. The van der Waals surface area contributed by atoms with Crippen LogP contribution in [-0.4, -0.2) is 9.97 Å². The van der Waals surface area contributed by atoms with Gasteiger partial charge in [0.1, 0.15) is 11.0 Å². The van der Waals surface area contributed by atoms with Crippen LogP contribution < -0.4 is 0 Å². The van der Waals surface area contributed by atoms with Crippen LogP contribution in [0.4, 0.5) is 4.39 Å². The second-order valence-electron chi connectivity index (χ2n) is 4.61. The number of rotatable bonds is 2. The van der Waals surface area contributed by atoms with Crippen LogP contribution in [0.2, 0.25) is 5.15 Å². The minimum absolute atomic E-state index is 0.249. The predicted molar refractivity (Wildman–Crippen MR) is 71.3 cm³/mol. The maximum Gasteiger partial charge on any atom is 0.161 e. The molecule has 1 aromatic heterocycles. The van der Waals surface area contributed by atoms with Crippen molar-refractivity contribution in [2.75, 3.05) is 0 Å². The van der Waals surface area contributed by atoms with Gasteiger partial charge in [0.05, 0.1) is 0 Å². The third-order valence-electron chi connectivity index (χ3n) is 2.61. The molecule has 0 amide bonds. The van der Waals surface area contributed by atoms with E-state index in [4.69, 9.17) is 11.6 Å². The SMILES string of the molecule is Cc1cc(F)cc(-c2nc(Cl)cc(C(C)C)n2)c1. The summed E-state index contributed by atoms with van der Waals surface area (Å²) in [4.78, 5) is 8.58. The Kier molecular flexibility index (Phi) is 3.62. The van der Waals surface area contributed by atoms with Crippen molar-refractivity contribution in [3.8, 4) is 11.4 Å². The highest BCUT2D eigenvalue weighted by atomic mass is 35.5. The zero-order valence-corrected chi connectivity index (χ0v) is 11.3. The first-order valence-electron chi connectivity index (χ1n) is 5.78. The van der Waals surface area contributed by atoms with Gasteiger partial charge in [0.15, 0.2) is 5.82 Å². The number of aromatic nitrogens is 2. The molecule has 1 heterocycles. The second-order valence-corrected chi connectivity index (χ2v) is 5.00. The summed E-state index contributed by atoms with van der Waals surface area (Å²) in [6.07, 6.45) is 0. The van der Waals surface area contributed by atoms with Crippen LogP contribution in [0.1, 0.15) is 31.0 Å². The number of halogens is 2. The van der Waals surface area contributed by atoms with Crippen molar-refractivity contribution < 1.29 is 4.39 Å². The molecule has 0 aliphatic heterocycles. The molecule has 2 rings (SSSR count). The van der Waals surface area contributed by atoms with Crippen LogP contribution in [0.25, 0.3) is 11.4 Å². The highest BCUT2D eigenvalue weighted by Crippen LogP contribution is 2.23. The highest BCUT2D eigenvalue weighted by Gasteiger charge is 2.09. The van der Waals surface area contributed by atoms with E-state index in [-0.39, 0.29) is 11.7 Å². The van der Waals surface area contributed by atoms with E-state index in [9.17, 15) is 4.39 Å². The fraction of sp³-hybridized carbons (Fsp3) is 0.286. The van der Waals surface area contributed by atoms with Gasteiger partial charge in [-0.25, -0.2) is 14.4 Å². The molecule has 0 unspecified atom stereocenters. The fourth-order valence-electron chi connectivity index (χ4n) is 1.73. The molecule has 2 aromatic rings. The minimum Gasteiger partial charge on any atom is -0.233 e. The van der Waals surface area contributed by atoms with E-state index in [0.717, 1.165) is 11.3 Å². The van der Waals surface area contributed by atoms with Crippen LogP contribution in [0, 0.1) is 12.7 Å². The fourth-order valence-corrected chi connectivity index (χ4v) is 1.92. The summed E-state index contributed by atoms with van der Waals surface area (Å²) in [5.41, 5.74) is 2.34. The van der Waals surface area contributed by atoms with Gasteiger partial charge in [0.2, 0.25) is 0 Å². The Hall–Kier alpha value is -1.48. The molecule has 0 aliphatic rings. The summed E-state index contributed by atoms with van der Waals surface area (Å²) in [6, 6.07) is 6.47. The summed E-state index contributed by atoms with van der Waals surface area (Å²) in [5.74, 6) is 0.423. The van der Waals surface area contributed by atoms with Gasteiger partial charge in [-0.3, -0.25) is 0 Å². The van der Waals surface area contributed by atoms with E-state index < -0.39 is 0 Å². The smallest absolute Gasteiger partial charge is 0.161 e. The summed E-state index contributed by atoms with van der Waals surface area (Å²) < 4.78 is 13.4. The van der Waals surface area contributed by atoms with Crippen molar-refractivity contribution in [2.24, 2.45) is 0 Å². The third kappa shape index (κ3) is 2.85. The minimum atomic E-state index is -0.292. The van der Waals surface area contributed by atoms with Crippen molar-refractivity contribution in [3.63, 3.8) is 0 Å². The van der Waals surface area contributed by atoms with Crippen molar-refractivity contribution in [1.29, 1.82) is 0 Å². The molecule has 0 spiro atoms. The Morgan fingerprint density at radius 3 is 2.44 bits per heavy atom. The second kappa shape index (κ2) is 5.02. The molecule has 2 nitrogen and oxygen atoms in total. The lowest BCUT2D eigenvalue weighted by molar-refractivity contribution is 0.627. The summed E-state index contributed by atoms with van der Waals surface area (Å²) in [5, 5.41) is 0.380. The molecule has 18 heavy (non-hydrogen) atoms. The predicted octanol–water partition coefficient (Wildman–Crippen LogP) is 4.37. The van der Waals surface area contributed by atoms with Crippen LogP contribution in [0.3, 0.4) is 0 Å². The monoisotopic (exact) mass is 264 g/mol. The van der Waals surface area contributed by atoms with Gasteiger partial charge in [0.25, 0.3) is 0 Å². The van der Waals surface area contributed by atoms with E-state index in [1.807, 2.05) is 26.8 Å². The first-order valence-corrected chi connectivity index (χ1v) is 6.15. The largest absolute Gasteiger partial charge is 0.233 e. The average molecular weight is 265 g/mol. The van der Waals surface area contributed by atoms with Crippen molar-refractivity contribution in [2.45, 2.75) is 26.7 Å².